The highest BCUT2D eigenvalue weighted by molar-refractivity contribution is 5.81. The van der Waals surface area contributed by atoms with Crippen molar-refractivity contribution in [2.24, 2.45) is 5.73 Å². The summed E-state index contributed by atoms with van der Waals surface area (Å²) in [7, 11) is 0. The average molecular weight is 298 g/mol. The lowest BCUT2D eigenvalue weighted by molar-refractivity contribution is -0.126. The van der Waals surface area contributed by atoms with E-state index < -0.39 is 0 Å². The van der Waals surface area contributed by atoms with Gasteiger partial charge in [-0.15, -0.1) is 0 Å². The van der Waals surface area contributed by atoms with Gasteiger partial charge in [-0.3, -0.25) is 14.6 Å². The molecule has 1 atom stereocenters. The van der Waals surface area contributed by atoms with E-state index in [1.807, 2.05) is 6.92 Å². The predicted molar refractivity (Wildman–Crippen MR) is 88.3 cm³/mol. The molecular formula is C16H34N4O. The zero-order chi connectivity index (χ0) is 15.9. The summed E-state index contributed by atoms with van der Waals surface area (Å²) < 4.78 is 0. The van der Waals surface area contributed by atoms with Crippen molar-refractivity contribution in [3.8, 4) is 0 Å². The molecule has 0 spiro atoms. The SMILES string of the molecule is CCCCCNC(=O)C(C)N1CCN(C(C)(C)CN)CC1. The van der Waals surface area contributed by atoms with Crippen LogP contribution in [-0.2, 0) is 4.79 Å². The van der Waals surface area contributed by atoms with E-state index in [2.05, 4.69) is 35.9 Å². The van der Waals surface area contributed by atoms with Crippen molar-refractivity contribution in [2.75, 3.05) is 39.3 Å². The first-order valence-electron chi connectivity index (χ1n) is 8.39. The zero-order valence-electron chi connectivity index (χ0n) is 14.3. The minimum absolute atomic E-state index is 0.0326. The van der Waals surface area contributed by atoms with Crippen LogP contribution in [0.2, 0.25) is 0 Å². The van der Waals surface area contributed by atoms with Crippen molar-refractivity contribution in [3.63, 3.8) is 0 Å². The molecule has 1 amide bonds. The van der Waals surface area contributed by atoms with Crippen LogP contribution >= 0.6 is 0 Å². The van der Waals surface area contributed by atoms with Gasteiger partial charge in [0.05, 0.1) is 6.04 Å². The highest BCUT2D eigenvalue weighted by Gasteiger charge is 2.31. The summed E-state index contributed by atoms with van der Waals surface area (Å²) >= 11 is 0. The predicted octanol–water partition coefficient (Wildman–Crippen LogP) is 1.04. The summed E-state index contributed by atoms with van der Waals surface area (Å²) in [5, 5.41) is 3.05. The Bertz CT molecular complexity index is 311. The number of carbonyl (C=O) groups is 1. The number of nitrogens with two attached hydrogens (primary N) is 1. The van der Waals surface area contributed by atoms with Crippen molar-refractivity contribution in [3.05, 3.63) is 0 Å². The molecule has 5 nitrogen and oxygen atoms in total. The Kier molecular flexibility index (Phi) is 7.63. The number of nitrogens with one attached hydrogen (secondary N) is 1. The lowest BCUT2D eigenvalue weighted by Gasteiger charge is -2.44. The van der Waals surface area contributed by atoms with Gasteiger partial charge in [0.2, 0.25) is 5.91 Å². The number of nitrogens with zero attached hydrogens (tertiary/aromatic N) is 2. The van der Waals surface area contributed by atoms with Crippen molar-refractivity contribution < 1.29 is 4.79 Å². The van der Waals surface area contributed by atoms with Crippen LogP contribution in [0.5, 0.6) is 0 Å². The monoisotopic (exact) mass is 298 g/mol. The minimum Gasteiger partial charge on any atom is -0.355 e. The minimum atomic E-state index is -0.0326. The van der Waals surface area contributed by atoms with Gasteiger partial charge in [0.15, 0.2) is 0 Å². The lowest BCUT2D eigenvalue weighted by atomic mass is 10.0. The summed E-state index contributed by atoms with van der Waals surface area (Å²) in [4.78, 5) is 16.9. The van der Waals surface area contributed by atoms with Gasteiger partial charge < -0.3 is 11.1 Å². The topological polar surface area (TPSA) is 61.6 Å². The van der Waals surface area contributed by atoms with Crippen LogP contribution < -0.4 is 11.1 Å². The number of hydrogen-bond acceptors (Lipinski definition) is 4. The third-order valence-electron chi connectivity index (χ3n) is 4.68. The average Bonchev–Trinajstić information content (AvgIpc) is 2.50. The number of piperazine rings is 1. The summed E-state index contributed by atoms with van der Waals surface area (Å²) in [6, 6.07) is -0.0326. The van der Waals surface area contributed by atoms with Gasteiger partial charge in [0, 0.05) is 44.8 Å². The fourth-order valence-corrected chi connectivity index (χ4v) is 2.74. The molecule has 1 saturated heterocycles. The van der Waals surface area contributed by atoms with Gasteiger partial charge in [0.1, 0.15) is 0 Å². The molecule has 1 fully saturated rings. The maximum atomic E-state index is 12.2. The Morgan fingerprint density at radius 3 is 2.38 bits per heavy atom. The second-order valence-corrected chi connectivity index (χ2v) is 6.71. The highest BCUT2D eigenvalue weighted by atomic mass is 16.2. The van der Waals surface area contributed by atoms with Gasteiger partial charge in [0.25, 0.3) is 0 Å². The number of carbonyl (C=O) groups excluding carboxylic acids is 1. The largest absolute Gasteiger partial charge is 0.355 e. The standard InChI is InChI=1S/C16H34N4O/c1-5-6-7-8-18-15(21)14(2)19-9-11-20(12-10-19)16(3,4)13-17/h14H,5-13,17H2,1-4H3,(H,18,21). The normalized spacial score (nSPS) is 19.5. The summed E-state index contributed by atoms with van der Waals surface area (Å²) in [6.45, 7) is 13.9. The molecule has 0 aromatic heterocycles. The van der Waals surface area contributed by atoms with E-state index in [0.717, 1.165) is 39.1 Å². The van der Waals surface area contributed by atoms with Crippen molar-refractivity contribution in [1.82, 2.24) is 15.1 Å². The van der Waals surface area contributed by atoms with Crippen molar-refractivity contribution in [1.29, 1.82) is 0 Å². The van der Waals surface area contributed by atoms with Crippen LogP contribution in [0.4, 0.5) is 0 Å². The molecule has 1 heterocycles. The first kappa shape index (κ1) is 18.4. The molecule has 1 aliphatic rings. The molecule has 1 unspecified atom stereocenters. The third-order valence-corrected chi connectivity index (χ3v) is 4.68. The lowest BCUT2D eigenvalue weighted by Crippen LogP contribution is -2.60. The summed E-state index contributed by atoms with van der Waals surface area (Å²) in [5.74, 6) is 0.164. The van der Waals surface area contributed by atoms with Gasteiger partial charge >= 0.3 is 0 Å². The Hall–Kier alpha value is -0.650. The van der Waals surface area contributed by atoms with E-state index in [4.69, 9.17) is 5.73 Å². The fraction of sp³-hybridized carbons (Fsp3) is 0.938. The molecule has 21 heavy (non-hydrogen) atoms. The first-order valence-corrected chi connectivity index (χ1v) is 8.39. The number of hydrogen-bond donors (Lipinski definition) is 2. The molecule has 0 saturated carbocycles. The maximum Gasteiger partial charge on any atom is 0.237 e. The number of unbranched alkanes of at least 4 members (excludes halogenated alkanes) is 2. The number of rotatable bonds is 8. The van der Waals surface area contributed by atoms with Crippen LogP contribution in [0.25, 0.3) is 0 Å². The molecule has 0 radical (unpaired) electrons. The van der Waals surface area contributed by atoms with Crippen LogP contribution in [0.1, 0.15) is 47.0 Å². The molecule has 3 N–H and O–H groups in total. The van der Waals surface area contributed by atoms with Gasteiger partial charge in [-0.1, -0.05) is 19.8 Å². The second kappa shape index (κ2) is 8.71. The summed E-state index contributed by atoms with van der Waals surface area (Å²) in [6.07, 6.45) is 3.44. The van der Waals surface area contributed by atoms with Gasteiger partial charge in [-0.05, 0) is 27.2 Å². The Morgan fingerprint density at radius 2 is 1.86 bits per heavy atom. The molecule has 0 aliphatic carbocycles. The van der Waals surface area contributed by atoms with E-state index in [0.29, 0.717) is 6.54 Å². The van der Waals surface area contributed by atoms with Crippen molar-refractivity contribution >= 4 is 5.91 Å². The Labute approximate surface area is 130 Å². The smallest absolute Gasteiger partial charge is 0.237 e. The Balaban J connectivity index is 2.34. The summed E-state index contributed by atoms with van der Waals surface area (Å²) in [5.41, 5.74) is 5.89. The maximum absolute atomic E-state index is 12.2. The first-order chi connectivity index (χ1) is 9.92. The van der Waals surface area contributed by atoms with E-state index >= 15 is 0 Å². The molecule has 5 heteroatoms. The molecule has 0 aromatic carbocycles. The molecule has 0 aromatic rings. The van der Waals surface area contributed by atoms with Gasteiger partial charge in [-0.2, -0.15) is 0 Å². The van der Waals surface area contributed by atoms with E-state index in [9.17, 15) is 4.79 Å². The quantitative estimate of drug-likeness (QED) is 0.657. The number of amides is 1. The fourth-order valence-electron chi connectivity index (χ4n) is 2.74. The highest BCUT2D eigenvalue weighted by Crippen LogP contribution is 2.16. The molecule has 0 bridgehead atoms. The van der Waals surface area contributed by atoms with Crippen LogP contribution in [-0.4, -0.2) is 66.6 Å². The third kappa shape index (κ3) is 5.57. The van der Waals surface area contributed by atoms with E-state index in [-0.39, 0.29) is 17.5 Å². The van der Waals surface area contributed by atoms with Gasteiger partial charge in [-0.25, -0.2) is 0 Å². The molecular weight excluding hydrogens is 264 g/mol. The molecule has 1 aliphatic heterocycles. The molecule has 124 valence electrons. The zero-order valence-corrected chi connectivity index (χ0v) is 14.3. The van der Waals surface area contributed by atoms with E-state index in [1.165, 1.54) is 12.8 Å². The molecule has 1 rings (SSSR count). The van der Waals surface area contributed by atoms with Crippen LogP contribution in [0.15, 0.2) is 0 Å². The van der Waals surface area contributed by atoms with Crippen molar-refractivity contribution in [2.45, 2.75) is 58.5 Å². The van der Waals surface area contributed by atoms with Crippen LogP contribution in [0.3, 0.4) is 0 Å². The Morgan fingerprint density at radius 1 is 1.24 bits per heavy atom. The van der Waals surface area contributed by atoms with Crippen LogP contribution in [0, 0.1) is 0 Å². The van der Waals surface area contributed by atoms with E-state index in [1.54, 1.807) is 0 Å². The second-order valence-electron chi connectivity index (χ2n) is 6.71.